The van der Waals surface area contributed by atoms with Crippen LogP contribution in [0.25, 0.3) is 16.3 Å². The van der Waals surface area contributed by atoms with Gasteiger partial charge >= 0.3 is 0 Å². The molecule has 0 radical (unpaired) electrons. The van der Waals surface area contributed by atoms with Crippen LogP contribution in [-0.2, 0) is 4.79 Å². The lowest BCUT2D eigenvalue weighted by atomic mass is 10.3. The van der Waals surface area contributed by atoms with E-state index in [1.165, 1.54) is 11.3 Å². The summed E-state index contributed by atoms with van der Waals surface area (Å²) in [5.41, 5.74) is 7.68. The predicted octanol–water partition coefficient (Wildman–Crippen LogP) is 3.50. The Morgan fingerprint density at radius 3 is 2.68 bits per heavy atom. The SMILES string of the molecule is NC(=O)CCOc1ccccc1NC(=O)c1csc(-c2cnn(-c3ccccc3)c2)n1. The Morgan fingerprint density at radius 2 is 1.87 bits per heavy atom. The van der Waals surface area contributed by atoms with Crippen LogP contribution in [0.3, 0.4) is 0 Å². The molecule has 0 aliphatic heterocycles. The lowest BCUT2D eigenvalue weighted by Gasteiger charge is -2.11. The second-order valence-electron chi connectivity index (χ2n) is 6.56. The normalized spacial score (nSPS) is 10.6. The summed E-state index contributed by atoms with van der Waals surface area (Å²) in [6, 6.07) is 16.7. The lowest BCUT2D eigenvalue weighted by molar-refractivity contribution is -0.118. The Kier molecular flexibility index (Phi) is 6.04. The number of anilines is 1. The molecule has 156 valence electrons. The van der Waals surface area contributed by atoms with Crippen molar-refractivity contribution in [3.05, 3.63) is 78.1 Å². The Morgan fingerprint density at radius 1 is 1.10 bits per heavy atom. The highest BCUT2D eigenvalue weighted by Gasteiger charge is 2.15. The minimum atomic E-state index is -0.452. The number of aromatic nitrogens is 3. The highest BCUT2D eigenvalue weighted by molar-refractivity contribution is 7.13. The van der Waals surface area contributed by atoms with Crippen LogP contribution in [-0.4, -0.2) is 33.2 Å². The van der Waals surface area contributed by atoms with Gasteiger partial charge in [0, 0.05) is 17.1 Å². The summed E-state index contributed by atoms with van der Waals surface area (Å²) in [4.78, 5) is 28.1. The third-order valence-electron chi connectivity index (χ3n) is 4.33. The van der Waals surface area contributed by atoms with E-state index in [-0.39, 0.29) is 18.9 Å². The quantitative estimate of drug-likeness (QED) is 0.442. The minimum Gasteiger partial charge on any atom is -0.491 e. The first-order valence-corrected chi connectivity index (χ1v) is 10.4. The zero-order valence-corrected chi connectivity index (χ0v) is 17.2. The number of carbonyl (C=O) groups is 2. The molecule has 0 aliphatic rings. The molecule has 0 unspecified atom stereocenters. The van der Waals surface area contributed by atoms with Crippen LogP contribution < -0.4 is 15.8 Å². The maximum atomic E-state index is 12.7. The molecule has 2 aromatic heterocycles. The number of amides is 2. The first-order chi connectivity index (χ1) is 15.1. The van der Waals surface area contributed by atoms with E-state index in [2.05, 4.69) is 15.4 Å². The van der Waals surface area contributed by atoms with Crippen molar-refractivity contribution in [3.8, 4) is 22.0 Å². The summed E-state index contributed by atoms with van der Waals surface area (Å²) >= 11 is 1.36. The van der Waals surface area contributed by atoms with E-state index in [9.17, 15) is 9.59 Å². The number of carbonyl (C=O) groups excluding carboxylic acids is 2. The molecular weight excluding hydrogens is 414 g/mol. The van der Waals surface area contributed by atoms with E-state index < -0.39 is 5.91 Å². The number of rotatable bonds is 8. The van der Waals surface area contributed by atoms with Crippen molar-refractivity contribution in [3.63, 3.8) is 0 Å². The van der Waals surface area contributed by atoms with E-state index in [0.29, 0.717) is 22.1 Å². The molecule has 0 saturated heterocycles. The summed E-state index contributed by atoms with van der Waals surface area (Å²) < 4.78 is 7.32. The molecule has 2 heterocycles. The van der Waals surface area contributed by atoms with Gasteiger partial charge in [0.25, 0.3) is 5.91 Å². The van der Waals surface area contributed by atoms with Crippen LogP contribution in [0.5, 0.6) is 5.75 Å². The Bertz CT molecular complexity index is 1200. The largest absolute Gasteiger partial charge is 0.491 e. The van der Waals surface area contributed by atoms with Crippen molar-refractivity contribution < 1.29 is 14.3 Å². The molecule has 31 heavy (non-hydrogen) atoms. The van der Waals surface area contributed by atoms with Crippen molar-refractivity contribution in [2.45, 2.75) is 6.42 Å². The summed E-state index contributed by atoms with van der Waals surface area (Å²) in [6.07, 6.45) is 3.68. The van der Waals surface area contributed by atoms with Crippen molar-refractivity contribution >= 4 is 28.8 Å². The van der Waals surface area contributed by atoms with Crippen molar-refractivity contribution in [2.75, 3.05) is 11.9 Å². The monoisotopic (exact) mass is 433 g/mol. The zero-order chi connectivity index (χ0) is 21.6. The molecule has 0 aliphatic carbocycles. The van der Waals surface area contributed by atoms with Gasteiger partial charge in [-0.15, -0.1) is 11.3 Å². The van der Waals surface area contributed by atoms with Gasteiger partial charge in [0.2, 0.25) is 5.91 Å². The van der Waals surface area contributed by atoms with E-state index in [1.807, 2.05) is 36.5 Å². The lowest BCUT2D eigenvalue weighted by Crippen LogP contribution is -2.16. The number of nitrogens with zero attached hydrogens (tertiary/aromatic N) is 3. The highest BCUT2D eigenvalue weighted by Crippen LogP contribution is 2.27. The molecule has 3 N–H and O–H groups in total. The fourth-order valence-corrected chi connectivity index (χ4v) is 3.59. The summed E-state index contributed by atoms with van der Waals surface area (Å²) in [6.45, 7) is 0.133. The number of primary amides is 1. The molecule has 0 saturated carbocycles. The molecular formula is C22H19N5O3S. The zero-order valence-electron chi connectivity index (χ0n) is 16.4. The number of hydrogen-bond acceptors (Lipinski definition) is 6. The van der Waals surface area contributed by atoms with Crippen molar-refractivity contribution in [1.29, 1.82) is 0 Å². The van der Waals surface area contributed by atoms with Gasteiger partial charge in [0.15, 0.2) is 0 Å². The molecule has 0 spiro atoms. The Labute approximate surface area is 182 Å². The number of benzene rings is 2. The maximum Gasteiger partial charge on any atom is 0.275 e. The van der Waals surface area contributed by atoms with E-state index in [1.54, 1.807) is 40.5 Å². The average Bonchev–Trinajstić information content (AvgIpc) is 3.45. The minimum absolute atomic E-state index is 0.0917. The van der Waals surface area contributed by atoms with Gasteiger partial charge in [-0.25, -0.2) is 9.67 Å². The second-order valence-corrected chi connectivity index (χ2v) is 7.42. The number of para-hydroxylation sites is 3. The van der Waals surface area contributed by atoms with Gasteiger partial charge < -0.3 is 15.8 Å². The van der Waals surface area contributed by atoms with E-state index in [0.717, 1.165) is 11.3 Å². The third-order valence-corrected chi connectivity index (χ3v) is 5.22. The first-order valence-electron chi connectivity index (χ1n) is 9.47. The summed E-state index contributed by atoms with van der Waals surface area (Å²) in [7, 11) is 0. The number of nitrogens with one attached hydrogen (secondary N) is 1. The predicted molar refractivity (Wildman–Crippen MR) is 118 cm³/mol. The van der Waals surface area contributed by atoms with Gasteiger partial charge in [-0.1, -0.05) is 30.3 Å². The summed E-state index contributed by atoms with van der Waals surface area (Å²) in [5, 5.41) is 9.56. The maximum absolute atomic E-state index is 12.7. The van der Waals surface area contributed by atoms with Crippen LogP contribution >= 0.6 is 11.3 Å². The highest BCUT2D eigenvalue weighted by atomic mass is 32.1. The van der Waals surface area contributed by atoms with Crippen molar-refractivity contribution in [2.24, 2.45) is 5.73 Å². The molecule has 4 aromatic rings. The second kappa shape index (κ2) is 9.23. The van der Waals surface area contributed by atoms with Crippen LogP contribution in [0.2, 0.25) is 0 Å². The third kappa shape index (κ3) is 4.96. The number of ether oxygens (including phenoxy) is 1. The van der Waals surface area contributed by atoms with E-state index >= 15 is 0 Å². The molecule has 2 amide bonds. The number of hydrogen-bond donors (Lipinski definition) is 2. The fourth-order valence-electron chi connectivity index (χ4n) is 2.81. The number of nitrogens with two attached hydrogens (primary N) is 1. The average molecular weight is 433 g/mol. The molecule has 0 fully saturated rings. The molecule has 8 nitrogen and oxygen atoms in total. The van der Waals surface area contributed by atoms with Gasteiger partial charge in [0.1, 0.15) is 16.5 Å². The smallest absolute Gasteiger partial charge is 0.275 e. The summed E-state index contributed by atoms with van der Waals surface area (Å²) in [5.74, 6) is -0.354. The Hall–Kier alpha value is -3.98. The van der Waals surface area contributed by atoms with Gasteiger partial charge in [-0.05, 0) is 24.3 Å². The first kappa shape index (κ1) is 20.3. The molecule has 0 bridgehead atoms. The van der Waals surface area contributed by atoms with Crippen LogP contribution in [0.15, 0.2) is 72.4 Å². The van der Waals surface area contributed by atoms with Gasteiger partial charge in [-0.2, -0.15) is 5.10 Å². The van der Waals surface area contributed by atoms with Crippen LogP contribution in [0.4, 0.5) is 5.69 Å². The molecule has 9 heteroatoms. The topological polar surface area (TPSA) is 112 Å². The Balaban J connectivity index is 1.46. The van der Waals surface area contributed by atoms with Crippen molar-refractivity contribution in [1.82, 2.24) is 14.8 Å². The molecule has 0 atom stereocenters. The van der Waals surface area contributed by atoms with Gasteiger partial charge in [0.05, 0.1) is 30.6 Å². The standard InChI is InChI=1S/C22H19N5O3S/c23-20(28)10-11-30-19-9-5-4-8-17(19)25-21(29)18-14-31-22(26-18)15-12-24-27(13-15)16-6-2-1-3-7-16/h1-9,12-14H,10-11H2,(H2,23,28)(H,25,29). The van der Waals surface area contributed by atoms with E-state index in [4.69, 9.17) is 10.5 Å². The van der Waals surface area contributed by atoms with Crippen LogP contribution in [0.1, 0.15) is 16.9 Å². The number of thiazole rings is 1. The molecule has 2 aromatic carbocycles. The van der Waals surface area contributed by atoms with Gasteiger partial charge in [-0.3, -0.25) is 9.59 Å². The molecule has 4 rings (SSSR count). The van der Waals surface area contributed by atoms with Crippen LogP contribution in [0, 0.1) is 0 Å². The fraction of sp³-hybridized carbons (Fsp3) is 0.0909.